The van der Waals surface area contributed by atoms with Crippen molar-refractivity contribution >= 4 is 11.7 Å². The van der Waals surface area contributed by atoms with E-state index in [2.05, 4.69) is 4.98 Å². The van der Waals surface area contributed by atoms with Crippen LogP contribution in [0, 0.1) is 5.92 Å². The van der Waals surface area contributed by atoms with Gasteiger partial charge in [-0.2, -0.15) is 13.2 Å². The second-order valence-corrected chi connectivity index (χ2v) is 4.59. The molecule has 0 unspecified atom stereocenters. The van der Waals surface area contributed by atoms with E-state index in [0.29, 0.717) is 25.3 Å². The number of carbonyl (C=O) groups excluding carboxylic acids is 1. The number of rotatable bonds is 2. The number of carbonyl (C=O) groups is 1. The van der Waals surface area contributed by atoms with Crippen molar-refractivity contribution in [3.63, 3.8) is 0 Å². The van der Waals surface area contributed by atoms with Gasteiger partial charge in [0.1, 0.15) is 5.82 Å². The topological polar surface area (TPSA) is 59.2 Å². The second kappa shape index (κ2) is 5.07. The van der Waals surface area contributed by atoms with Crippen LogP contribution in [0.15, 0.2) is 18.3 Å². The molecule has 1 amide bonds. The van der Waals surface area contributed by atoms with Gasteiger partial charge in [0.2, 0.25) is 5.91 Å². The number of halogens is 3. The lowest BCUT2D eigenvalue weighted by Crippen LogP contribution is -2.41. The molecule has 1 atom stereocenters. The number of anilines is 1. The van der Waals surface area contributed by atoms with E-state index in [0.717, 1.165) is 18.7 Å². The highest BCUT2D eigenvalue weighted by atomic mass is 19.4. The molecule has 1 aliphatic heterocycles. The minimum Gasteiger partial charge on any atom is -0.369 e. The number of nitrogens with two attached hydrogens (primary N) is 1. The summed E-state index contributed by atoms with van der Waals surface area (Å²) < 4.78 is 37.2. The Hall–Kier alpha value is -1.79. The van der Waals surface area contributed by atoms with E-state index in [1.54, 1.807) is 4.90 Å². The van der Waals surface area contributed by atoms with E-state index in [1.165, 1.54) is 6.07 Å². The van der Waals surface area contributed by atoms with Crippen LogP contribution in [0.25, 0.3) is 0 Å². The molecule has 1 aliphatic rings. The summed E-state index contributed by atoms with van der Waals surface area (Å²) >= 11 is 0. The predicted octanol–water partition coefficient (Wildman–Crippen LogP) is 1.80. The molecule has 2 rings (SSSR count). The SMILES string of the molecule is NC(=O)[C@@H]1CCCN(c2ccc(C(F)(F)F)cn2)C1. The summed E-state index contributed by atoms with van der Waals surface area (Å²) in [4.78, 5) is 16.8. The average Bonchev–Trinajstić information content (AvgIpc) is 2.38. The van der Waals surface area contributed by atoms with E-state index in [4.69, 9.17) is 5.73 Å². The van der Waals surface area contributed by atoms with E-state index >= 15 is 0 Å². The second-order valence-electron chi connectivity index (χ2n) is 4.59. The fourth-order valence-electron chi connectivity index (χ4n) is 2.16. The minimum absolute atomic E-state index is 0.266. The third kappa shape index (κ3) is 3.15. The Morgan fingerprint density at radius 1 is 1.42 bits per heavy atom. The van der Waals surface area contributed by atoms with Gasteiger partial charge in [0.15, 0.2) is 0 Å². The molecule has 19 heavy (non-hydrogen) atoms. The maximum atomic E-state index is 12.4. The molecule has 1 fully saturated rings. The third-order valence-corrected chi connectivity index (χ3v) is 3.22. The van der Waals surface area contributed by atoms with Crippen molar-refractivity contribution in [2.75, 3.05) is 18.0 Å². The number of piperidine rings is 1. The summed E-state index contributed by atoms with van der Waals surface area (Å²) in [6.45, 7) is 1.08. The lowest BCUT2D eigenvalue weighted by Gasteiger charge is -2.32. The number of nitrogens with zero attached hydrogens (tertiary/aromatic N) is 2. The number of alkyl halides is 3. The highest BCUT2D eigenvalue weighted by molar-refractivity contribution is 5.77. The van der Waals surface area contributed by atoms with Crippen molar-refractivity contribution in [1.82, 2.24) is 4.98 Å². The smallest absolute Gasteiger partial charge is 0.369 e. The third-order valence-electron chi connectivity index (χ3n) is 3.22. The molecular formula is C12H14F3N3O. The van der Waals surface area contributed by atoms with Gasteiger partial charge >= 0.3 is 6.18 Å². The Bertz CT molecular complexity index is 458. The molecule has 1 aromatic heterocycles. The molecule has 0 bridgehead atoms. The zero-order valence-corrected chi connectivity index (χ0v) is 10.2. The summed E-state index contributed by atoms with van der Waals surface area (Å²) in [6, 6.07) is 2.32. The fourth-order valence-corrected chi connectivity index (χ4v) is 2.16. The van der Waals surface area contributed by atoms with Gasteiger partial charge in [-0.1, -0.05) is 0 Å². The van der Waals surface area contributed by atoms with Gasteiger partial charge in [-0.15, -0.1) is 0 Å². The molecular weight excluding hydrogens is 259 g/mol. The minimum atomic E-state index is -4.39. The first-order valence-electron chi connectivity index (χ1n) is 5.95. The molecule has 0 aromatic carbocycles. The highest BCUT2D eigenvalue weighted by Gasteiger charge is 2.31. The first-order valence-corrected chi connectivity index (χ1v) is 5.95. The van der Waals surface area contributed by atoms with Crippen LogP contribution < -0.4 is 10.6 Å². The zero-order valence-electron chi connectivity index (χ0n) is 10.2. The first-order chi connectivity index (χ1) is 8.88. The Kier molecular flexibility index (Phi) is 3.64. The van der Waals surface area contributed by atoms with Crippen molar-refractivity contribution < 1.29 is 18.0 Å². The normalized spacial score (nSPS) is 20.4. The fraction of sp³-hybridized carbons (Fsp3) is 0.500. The van der Waals surface area contributed by atoms with Crippen LogP contribution in [0.4, 0.5) is 19.0 Å². The van der Waals surface area contributed by atoms with Gasteiger partial charge in [0.05, 0.1) is 11.5 Å². The summed E-state index contributed by atoms with van der Waals surface area (Å²) in [5.41, 5.74) is 4.48. The van der Waals surface area contributed by atoms with Gasteiger partial charge in [0, 0.05) is 19.3 Å². The molecule has 1 saturated heterocycles. The maximum Gasteiger partial charge on any atom is 0.417 e. The lowest BCUT2D eigenvalue weighted by atomic mass is 9.97. The molecule has 0 radical (unpaired) electrons. The summed E-state index contributed by atoms with van der Waals surface area (Å²) in [5, 5.41) is 0. The average molecular weight is 273 g/mol. The van der Waals surface area contributed by atoms with Crippen molar-refractivity contribution in [3.05, 3.63) is 23.9 Å². The van der Waals surface area contributed by atoms with Gasteiger partial charge in [-0.05, 0) is 25.0 Å². The number of hydrogen-bond donors (Lipinski definition) is 1. The standard InChI is InChI=1S/C12H14F3N3O/c13-12(14,15)9-3-4-10(17-6-9)18-5-1-2-8(7-18)11(16)19/h3-4,6,8H,1-2,5,7H2,(H2,16,19)/t8-/m1/s1. The monoisotopic (exact) mass is 273 g/mol. The van der Waals surface area contributed by atoms with Crippen molar-refractivity contribution in [2.24, 2.45) is 11.7 Å². The number of amides is 1. The van der Waals surface area contributed by atoms with Crippen LogP contribution >= 0.6 is 0 Å². The molecule has 2 heterocycles. The summed E-state index contributed by atoms with van der Waals surface area (Å²) in [7, 11) is 0. The van der Waals surface area contributed by atoms with Gasteiger partial charge in [-0.3, -0.25) is 4.79 Å². The number of primary amides is 1. The van der Waals surface area contributed by atoms with Crippen LogP contribution in [0.2, 0.25) is 0 Å². The molecule has 0 aliphatic carbocycles. The predicted molar refractivity (Wildman–Crippen MR) is 63.4 cm³/mol. The molecule has 0 spiro atoms. The quantitative estimate of drug-likeness (QED) is 0.894. The molecule has 0 saturated carbocycles. The van der Waals surface area contributed by atoms with E-state index < -0.39 is 11.7 Å². The van der Waals surface area contributed by atoms with Crippen molar-refractivity contribution in [3.8, 4) is 0 Å². The largest absolute Gasteiger partial charge is 0.417 e. The Balaban J connectivity index is 2.12. The van der Waals surface area contributed by atoms with Crippen LogP contribution in [0.3, 0.4) is 0 Å². The van der Waals surface area contributed by atoms with Crippen LogP contribution in [-0.2, 0) is 11.0 Å². The van der Waals surface area contributed by atoms with Gasteiger partial charge in [0.25, 0.3) is 0 Å². The maximum absolute atomic E-state index is 12.4. The highest BCUT2D eigenvalue weighted by Crippen LogP contribution is 2.30. The van der Waals surface area contributed by atoms with E-state index in [1.807, 2.05) is 0 Å². The molecule has 7 heteroatoms. The van der Waals surface area contributed by atoms with Gasteiger partial charge in [-0.25, -0.2) is 4.98 Å². The van der Waals surface area contributed by atoms with Gasteiger partial charge < -0.3 is 10.6 Å². The van der Waals surface area contributed by atoms with E-state index in [9.17, 15) is 18.0 Å². The van der Waals surface area contributed by atoms with Crippen molar-refractivity contribution in [1.29, 1.82) is 0 Å². The van der Waals surface area contributed by atoms with E-state index in [-0.39, 0.29) is 11.8 Å². The Labute approximate surface area is 108 Å². The Morgan fingerprint density at radius 3 is 2.68 bits per heavy atom. The van der Waals surface area contributed by atoms with Crippen LogP contribution in [0.5, 0.6) is 0 Å². The molecule has 4 nitrogen and oxygen atoms in total. The Morgan fingerprint density at radius 2 is 2.16 bits per heavy atom. The first kappa shape index (κ1) is 13.6. The number of aromatic nitrogens is 1. The lowest BCUT2D eigenvalue weighted by molar-refractivity contribution is -0.137. The summed E-state index contributed by atoms with van der Waals surface area (Å²) in [6.07, 6.45) is -2.09. The molecule has 2 N–H and O–H groups in total. The van der Waals surface area contributed by atoms with Crippen molar-refractivity contribution in [2.45, 2.75) is 19.0 Å². The van der Waals surface area contributed by atoms with Crippen LogP contribution in [-0.4, -0.2) is 24.0 Å². The zero-order chi connectivity index (χ0) is 14.0. The van der Waals surface area contributed by atoms with Crippen LogP contribution in [0.1, 0.15) is 18.4 Å². The number of hydrogen-bond acceptors (Lipinski definition) is 3. The molecule has 104 valence electrons. The number of pyridine rings is 1. The summed E-state index contributed by atoms with van der Waals surface area (Å²) in [5.74, 6) is -0.201. The molecule has 1 aromatic rings.